The average Bonchev–Trinajstić information content (AvgIpc) is 2.89. The largest absolute Gasteiger partial charge is 0.489 e. The van der Waals surface area contributed by atoms with E-state index in [1.807, 2.05) is 36.4 Å². The molecule has 1 aliphatic rings. The number of nitrogens with zero attached hydrogens (tertiary/aromatic N) is 3. The second kappa shape index (κ2) is 11.4. The molecule has 2 heterocycles. The number of amides is 1. The van der Waals surface area contributed by atoms with Crippen LogP contribution in [0.25, 0.3) is 11.3 Å². The number of aromatic nitrogens is 2. The molecule has 1 aliphatic heterocycles. The predicted octanol–water partition coefficient (Wildman–Crippen LogP) is 3.31. The molecule has 1 amide bonds. The molecule has 4 rings (SSSR count). The fourth-order valence-electron chi connectivity index (χ4n) is 3.60. The molecule has 3 N–H and O–H groups in total. The van der Waals surface area contributed by atoms with Crippen LogP contribution in [0.3, 0.4) is 0 Å². The Hall–Kier alpha value is -4.00. The van der Waals surface area contributed by atoms with E-state index in [0.29, 0.717) is 42.7 Å². The molecular weight excluding hydrogens is 446 g/mol. The third-order valence-corrected chi connectivity index (χ3v) is 5.57. The first-order chi connectivity index (χ1) is 17.0. The SMILES string of the molecule is C[C@H](O)C(=O)NCc1ccc(Nc2nccc(-c3ccc(OC4CCOCC4)c(C#N)c3)n2)cc1. The van der Waals surface area contributed by atoms with Gasteiger partial charge < -0.3 is 25.2 Å². The summed E-state index contributed by atoms with van der Waals surface area (Å²) in [5, 5.41) is 24.7. The van der Waals surface area contributed by atoms with Crippen molar-refractivity contribution in [2.75, 3.05) is 18.5 Å². The van der Waals surface area contributed by atoms with E-state index in [2.05, 4.69) is 26.7 Å². The van der Waals surface area contributed by atoms with Gasteiger partial charge in [0.05, 0.1) is 24.5 Å². The van der Waals surface area contributed by atoms with Gasteiger partial charge in [0.2, 0.25) is 11.9 Å². The lowest BCUT2D eigenvalue weighted by Gasteiger charge is -2.23. The molecule has 0 bridgehead atoms. The topological polar surface area (TPSA) is 129 Å². The highest BCUT2D eigenvalue weighted by atomic mass is 16.5. The van der Waals surface area contributed by atoms with Crippen LogP contribution in [0.15, 0.2) is 54.7 Å². The van der Waals surface area contributed by atoms with Crippen molar-refractivity contribution >= 4 is 17.5 Å². The summed E-state index contributed by atoms with van der Waals surface area (Å²) in [6.45, 7) is 3.09. The number of benzene rings is 2. The van der Waals surface area contributed by atoms with Gasteiger partial charge in [-0.3, -0.25) is 4.79 Å². The molecule has 9 heteroatoms. The number of carbonyl (C=O) groups excluding carboxylic acids is 1. The Kier molecular flexibility index (Phi) is 7.88. The van der Waals surface area contributed by atoms with E-state index in [4.69, 9.17) is 9.47 Å². The van der Waals surface area contributed by atoms with E-state index in [1.165, 1.54) is 6.92 Å². The van der Waals surface area contributed by atoms with Crippen molar-refractivity contribution in [3.05, 3.63) is 65.9 Å². The van der Waals surface area contributed by atoms with Crippen molar-refractivity contribution in [2.45, 2.75) is 38.5 Å². The van der Waals surface area contributed by atoms with E-state index < -0.39 is 12.0 Å². The van der Waals surface area contributed by atoms with Crippen LogP contribution < -0.4 is 15.4 Å². The zero-order valence-corrected chi connectivity index (χ0v) is 19.4. The zero-order valence-electron chi connectivity index (χ0n) is 19.4. The highest BCUT2D eigenvalue weighted by molar-refractivity contribution is 5.79. The average molecular weight is 474 g/mol. The molecule has 0 saturated carbocycles. The van der Waals surface area contributed by atoms with E-state index in [9.17, 15) is 15.2 Å². The number of hydrogen-bond acceptors (Lipinski definition) is 8. The number of nitrogens with one attached hydrogen (secondary N) is 2. The van der Waals surface area contributed by atoms with Crippen molar-refractivity contribution < 1.29 is 19.4 Å². The molecule has 1 fully saturated rings. The van der Waals surface area contributed by atoms with Crippen molar-refractivity contribution in [3.63, 3.8) is 0 Å². The van der Waals surface area contributed by atoms with Crippen LogP contribution in [-0.2, 0) is 16.1 Å². The number of nitriles is 1. The van der Waals surface area contributed by atoms with Crippen molar-refractivity contribution in [1.82, 2.24) is 15.3 Å². The smallest absolute Gasteiger partial charge is 0.248 e. The Morgan fingerprint density at radius 3 is 2.71 bits per heavy atom. The van der Waals surface area contributed by atoms with Crippen LogP contribution in [0.1, 0.15) is 30.9 Å². The fraction of sp³-hybridized carbons (Fsp3) is 0.308. The second-order valence-corrected chi connectivity index (χ2v) is 8.23. The monoisotopic (exact) mass is 473 g/mol. The molecule has 1 saturated heterocycles. The Morgan fingerprint density at radius 1 is 1.23 bits per heavy atom. The van der Waals surface area contributed by atoms with E-state index in [1.54, 1.807) is 18.3 Å². The minimum absolute atomic E-state index is 0.0532. The van der Waals surface area contributed by atoms with E-state index in [-0.39, 0.29) is 6.10 Å². The van der Waals surface area contributed by atoms with Gasteiger partial charge in [-0.05, 0) is 48.9 Å². The van der Waals surface area contributed by atoms with Gasteiger partial charge >= 0.3 is 0 Å². The first-order valence-electron chi connectivity index (χ1n) is 11.5. The summed E-state index contributed by atoms with van der Waals surface area (Å²) < 4.78 is 11.4. The van der Waals surface area contributed by atoms with Gasteiger partial charge in [-0.25, -0.2) is 9.97 Å². The number of hydrogen-bond donors (Lipinski definition) is 3. The lowest BCUT2D eigenvalue weighted by atomic mass is 10.1. The van der Waals surface area contributed by atoms with Crippen LogP contribution in [-0.4, -0.2) is 46.4 Å². The minimum atomic E-state index is -1.04. The Balaban J connectivity index is 1.43. The first kappa shape index (κ1) is 24.1. The summed E-state index contributed by atoms with van der Waals surface area (Å²) in [6, 6.07) is 16.9. The Bertz CT molecular complexity index is 1200. The zero-order chi connectivity index (χ0) is 24.6. The van der Waals surface area contributed by atoms with Gasteiger partial charge in [-0.15, -0.1) is 0 Å². The van der Waals surface area contributed by atoms with Gasteiger partial charge in [0.25, 0.3) is 0 Å². The third-order valence-electron chi connectivity index (χ3n) is 5.57. The highest BCUT2D eigenvalue weighted by Gasteiger charge is 2.17. The normalized spacial score (nSPS) is 14.5. The number of carbonyl (C=O) groups is 1. The summed E-state index contributed by atoms with van der Waals surface area (Å²) in [5.74, 6) is 0.569. The lowest BCUT2D eigenvalue weighted by Crippen LogP contribution is -2.31. The molecule has 0 radical (unpaired) electrons. The van der Waals surface area contributed by atoms with Crippen LogP contribution in [0.4, 0.5) is 11.6 Å². The maximum atomic E-state index is 11.5. The Labute approximate surface area is 203 Å². The molecule has 180 valence electrons. The third kappa shape index (κ3) is 6.53. The van der Waals surface area contributed by atoms with Crippen LogP contribution in [0.2, 0.25) is 0 Å². The molecule has 1 atom stereocenters. The van der Waals surface area contributed by atoms with Gasteiger partial charge in [-0.2, -0.15) is 5.26 Å². The molecule has 35 heavy (non-hydrogen) atoms. The molecule has 3 aromatic rings. The van der Waals surface area contributed by atoms with Crippen molar-refractivity contribution in [3.8, 4) is 23.1 Å². The molecule has 0 aliphatic carbocycles. The maximum absolute atomic E-state index is 11.5. The maximum Gasteiger partial charge on any atom is 0.248 e. The van der Waals surface area contributed by atoms with Crippen LogP contribution >= 0.6 is 0 Å². The summed E-state index contributed by atoms with van der Waals surface area (Å²) in [4.78, 5) is 20.4. The molecule has 0 spiro atoms. The highest BCUT2D eigenvalue weighted by Crippen LogP contribution is 2.28. The van der Waals surface area contributed by atoms with Crippen molar-refractivity contribution in [2.24, 2.45) is 0 Å². The first-order valence-corrected chi connectivity index (χ1v) is 11.5. The van der Waals surface area contributed by atoms with Gasteiger partial charge in [-0.1, -0.05) is 12.1 Å². The second-order valence-electron chi connectivity index (χ2n) is 8.23. The number of aliphatic hydroxyl groups is 1. The summed E-state index contributed by atoms with van der Waals surface area (Å²) in [7, 11) is 0. The quantitative estimate of drug-likeness (QED) is 0.454. The fourth-order valence-corrected chi connectivity index (χ4v) is 3.60. The summed E-state index contributed by atoms with van der Waals surface area (Å²) in [6.07, 6.45) is 2.29. The molecule has 1 aromatic heterocycles. The van der Waals surface area contributed by atoms with Gasteiger partial charge in [0.1, 0.15) is 24.0 Å². The number of anilines is 2. The van der Waals surface area contributed by atoms with E-state index >= 15 is 0 Å². The molecular formula is C26H27N5O4. The standard InChI is InChI=1S/C26H27N5O4/c1-17(32)25(33)29-16-18-2-5-21(6-3-18)30-26-28-11-8-23(31-26)19-4-7-24(20(14-19)15-27)35-22-9-12-34-13-10-22/h2-8,11,14,17,22,32H,9-10,12-13,16H2,1H3,(H,29,33)(H,28,30,31)/t17-/m0/s1. The molecule has 0 unspecified atom stereocenters. The summed E-state index contributed by atoms with van der Waals surface area (Å²) in [5.41, 5.74) is 3.60. The summed E-state index contributed by atoms with van der Waals surface area (Å²) >= 11 is 0. The van der Waals surface area contributed by atoms with Gasteiger partial charge in [0.15, 0.2) is 0 Å². The van der Waals surface area contributed by atoms with Crippen LogP contribution in [0.5, 0.6) is 5.75 Å². The minimum Gasteiger partial charge on any atom is -0.489 e. The number of aliphatic hydroxyl groups excluding tert-OH is 1. The predicted molar refractivity (Wildman–Crippen MR) is 130 cm³/mol. The van der Waals surface area contributed by atoms with Crippen molar-refractivity contribution in [1.29, 1.82) is 5.26 Å². The number of ether oxygens (including phenoxy) is 2. The van der Waals surface area contributed by atoms with Crippen LogP contribution in [0, 0.1) is 11.3 Å². The molecule has 2 aromatic carbocycles. The van der Waals surface area contributed by atoms with Gasteiger partial charge in [0, 0.05) is 36.8 Å². The number of rotatable bonds is 8. The van der Waals surface area contributed by atoms with E-state index in [0.717, 1.165) is 29.7 Å². The Morgan fingerprint density at radius 2 is 2.00 bits per heavy atom. The molecule has 9 nitrogen and oxygen atoms in total. The lowest BCUT2D eigenvalue weighted by molar-refractivity contribution is -0.128.